The summed E-state index contributed by atoms with van der Waals surface area (Å²) in [5, 5.41) is 17.2. The van der Waals surface area contributed by atoms with Gasteiger partial charge in [-0.25, -0.2) is 9.59 Å². The van der Waals surface area contributed by atoms with Crippen molar-refractivity contribution in [2.24, 2.45) is 0 Å². The molecule has 1 aliphatic heterocycles. The second-order valence-electron chi connectivity index (χ2n) is 7.76. The van der Waals surface area contributed by atoms with Crippen molar-refractivity contribution in [3.05, 3.63) is 63.2 Å². The van der Waals surface area contributed by atoms with Crippen LogP contribution in [0.25, 0.3) is 5.70 Å². The second-order valence-corrected chi connectivity index (χ2v) is 7.76. The standard InChI is InChI=1S/C24H27N3O8/c1-6-34-23(28)19-20(14-7-9-16(32-4)10-8-14)25-24(29)26-21(19)15-11-17(27(30)31)22(35-13(2)3)18(12-15)33-5/h7-13,21H,6H2,1-5H3,(H2,25,26,29). The summed E-state index contributed by atoms with van der Waals surface area (Å²) in [7, 11) is 2.87. The smallest absolute Gasteiger partial charge is 0.338 e. The number of methoxy groups -OCH3 is 2. The number of nitro benzene ring substituents is 1. The largest absolute Gasteiger partial charge is 0.497 e. The third kappa shape index (κ3) is 5.45. The summed E-state index contributed by atoms with van der Waals surface area (Å²) in [4.78, 5) is 37.0. The number of esters is 1. The van der Waals surface area contributed by atoms with Gasteiger partial charge in [0.15, 0.2) is 5.75 Å². The zero-order valence-electron chi connectivity index (χ0n) is 20.0. The number of carbonyl (C=O) groups excluding carboxylic acids is 2. The van der Waals surface area contributed by atoms with Crippen LogP contribution in [0.3, 0.4) is 0 Å². The molecule has 1 unspecified atom stereocenters. The van der Waals surface area contributed by atoms with E-state index in [4.69, 9.17) is 18.9 Å². The van der Waals surface area contributed by atoms with Gasteiger partial charge in [-0.15, -0.1) is 0 Å². The summed E-state index contributed by atoms with van der Waals surface area (Å²) in [6, 6.07) is 7.80. The van der Waals surface area contributed by atoms with Gasteiger partial charge in [-0.3, -0.25) is 10.1 Å². The lowest BCUT2D eigenvalue weighted by molar-refractivity contribution is -0.386. The molecular formula is C24H27N3O8. The molecule has 2 aromatic carbocycles. The van der Waals surface area contributed by atoms with Crippen LogP contribution in [0.4, 0.5) is 10.5 Å². The Hall–Kier alpha value is -4.28. The van der Waals surface area contributed by atoms with Gasteiger partial charge in [-0.05, 0) is 62.2 Å². The number of nitrogens with zero attached hydrogens (tertiary/aromatic N) is 1. The summed E-state index contributed by atoms with van der Waals surface area (Å²) in [6.45, 7) is 5.20. The molecule has 11 nitrogen and oxygen atoms in total. The molecule has 0 bridgehead atoms. The van der Waals surface area contributed by atoms with Gasteiger partial charge in [0.1, 0.15) is 5.75 Å². The molecule has 0 saturated heterocycles. The third-order valence-corrected chi connectivity index (χ3v) is 5.11. The van der Waals surface area contributed by atoms with Crippen LogP contribution in [0.5, 0.6) is 17.2 Å². The van der Waals surface area contributed by atoms with Crippen molar-refractivity contribution in [1.82, 2.24) is 10.6 Å². The number of benzene rings is 2. The third-order valence-electron chi connectivity index (χ3n) is 5.11. The molecule has 1 aliphatic rings. The van der Waals surface area contributed by atoms with Gasteiger partial charge in [0.25, 0.3) is 0 Å². The maximum absolute atomic E-state index is 13.1. The molecule has 35 heavy (non-hydrogen) atoms. The summed E-state index contributed by atoms with van der Waals surface area (Å²) < 4.78 is 21.5. The van der Waals surface area contributed by atoms with E-state index < -0.39 is 23.0 Å². The Morgan fingerprint density at radius 2 is 1.83 bits per heavy atom. The zero-order valence-corrected chi connectivity index (χ0v) is 20.0. The molecule has 11 heteroatoms. The van der Waals surface area contributed by atoms with Crippen molar-refractivity contribution in [1.29, 1.82) is 0 Å². The highest BCUT2D eigenvalue weighted by atomic mass is 16.6. The minimum atomic E-state index is -1.07. The highest BCUT2D eigenvalue weighted by molar-refractivity contribution is 6.04. The van der Waals surface area contributed by atoms with Gasteiger partial charge < -0.3 is 29.6 Å². The van der Waals surface area contributed by atoms with Gasteiger partial charge in [0, 0.05) is 6.07 Å². The lowest BCUT2D eigenvalue weighted by Crippen LogP contribution is -2.45. The van der Waals surface area contributed by atoms with Gasteiger partial charge in [-0.2, -0.15) is 0 Å². The molecule has 0 saturated carbocycles. The van der Waals surface area contributed by atoms with Crippen molar-refractivity contribution in [2.75, 3.05) is 20.8 Å². The van der Waals surface area contributed by atoms with Crippen molar-refractivity contribution < 1.29 is 33.5 Å². The van der Waals surface area contributed by atoms with Gasteiger partial charge in [0.2, 0.25) is 5.75 Å². The number of amides is 2. The second kappa shape index (κ2) is 10.8. The zero-order chi connectivity index (χ0) is 25.7. The molecule has 0 radical (unpaired) electrons. The first-order chi connectivity index (χ1) is 16.7. The molecule has 0 aliphatic carbocycles. The van der Waals surface area contributed by atoms with E-state index >= 15 is 0 Å². The molecule has 0 fully saturated rings. The van der Waals surface area contributed by atoms with Crippen LogP contribution in [-0.4, -0.2) is 43.9 Å². The number of rotatable bonds is 9. The van der Waals surface area contributed by atoms with E-state index in [0.717, 1.165) is 0 Å². The molecule has 2 amide bonds. The SMILES string of the molecule is CCOC(=O)C1=C(c2ccc(OC)cc2)NC(=O)NC1c1cc(OC)c(OC(C)C)c([N+](=O)[O-])c1. The number of ether oxygens (including phenoxy) is 4. The quantitative estimate of drug-likeness (QED) is 0.311. The number of hydrogen-bond donors (Lipinski definition) is 2. The average molecular weight is 485 g/mol. The van der Waals surface area contributed by atoms with E-state index in [9.17, 15) is 19.7 Å². The molecular weight excluding hydrogens is 458 g/mol. The number of nitro groups is 1. The fourth-order valence-electron chi connectivity index (χ4n) is 3.64. The van der Waals surface area contributed by atoms with Crippen molar-refractivity contribution in [2.45, 2.75) is 32.9 Å². The lowest BCUT2D eigenvalue weighted by atomic mass is 9.92. The lowest BCUT2D eigenvalue weighted by Gasteiger charge is -2.30. The summed E-state index contributed by atoms with van der Waals surface area (Å²) in [5.74, 6) is -0.0664. The molecule has 1 atom stereocenters. The van der Waals surface area contributed by atoms with Gasteiger partial charge >= 0.3 is 17.7 Å². The van der Waals surface area contributed by atoms with Crippen LogP contribution >= 0.6 is 0 Å². The monoisotopic (exact) mass is 485 g/mol. The number of hydrogen-bond acceptors (Lipinski definition) is 8. The van der Waals surface area contributed by atoms with Gasteiger partial charge in [-0.1, -0.05) is 0 Å². The van der Waals surface area contributed by atoms with Crippen LogP contribution in [0.15, 0.2) is 42.0 Å². The summed E-state index contributed by atoms with van der Waals surface area (Å²) >= 11 is 0. The maximum Gasteiger partial charge on any atom is 0.338 e. The summed E-state index contributed by atoms with van der Waals surface area (Å²) in [6.07, 6.45) is -0.358. The predicted octanol–water partition coefficient (Wildman–Crippen LogP) is 3.73. The van der Waals surface area contributed by atoms with Crippen molar-refractivity contribution in [3.8, 4) is 17.2 Å². The molecule has 1 heterocycles. The van der Waals surface area contributed by atoms with Crippen molar-refractivity contribution in [3.63, 3.8) is 0 Å². The Morgan fingerprint density at radius 3 is 2.37 bits per heavy atom. The Balaban J connectivity index is 2.25. The molecule has 3 rings (SSSR count). The normalized spacial score (nSPS) is 15.3. The first-order valence-electron chi connectivity index (χ1n) is 10.9. The van der Waals surface area contributed by atoms with Crippen molar-refractivity contribution >= 4 is 23.4 Å². The maximum atomic E-state index is 13.1. The number of nitrogens with one attached hydrogen (secondary N) is 2. The number of carbonyl (C=O) groups is 2. The topological polar surface area (TPSA) is 138 Å². The average Bonchev–Trinajstić information content (AvgIpc) is 2.83. The van der Waals surface area contributed by atoms with E-state index in [2.05, 4.69) is 10.6 Å². The molecule has 2 aromatic rings. The Bertz CT molecular complexity index is 1160. The Morgan fingerprint density at radius 1 is 1.14 bits per heavy atom. The van der Waals surface area contributed by atoms with Crippen LogP contribution in [0, 0.1) is 10.1 Å². The van der Waals surface area contributed by atoms with Crippen LogP contribution in [-0.2, 0) is 9.53 Å². The fraction of sp³-hybridized carbons (Fsp3) is 0.333. The van der Waals surface area contributed by atoms with E-state index in [-0.39, 0.29) is 46.7 Å². The Labute approximate surface area is 202 Å². The first kappa shape index (κ1) is 25.3. The fourth-order valence-corrected chi connectivity index (χ4v) is 3.64. The number of urea groups is 1. The Kier molecular flexibility index (Phi) is 7.80. The highest BCUT2D eigenvalue weighted by Crippen LogP contribution is 2.43. The predicted molar refractivity (Wildman–Crippen MR) is 126 cm³/mol. The highest BCUT2D eigenvalue weighted by Gasteiger charge is 2.36. The molecule has 186 valence electrons. The van der Waals surface area contributed by atoms with E-state index in [0.29, 0.717) is 11.3 Å². The minimum absolute atomic E-state index is 0.0476. The van der Waals surface area contributed by atoms with E-state index in [1.165, 1.54) is 26.4 Å². The van der Waals surface area contributed by atoms with E-state index in [1.54, 1.807) is 45.0 Å². The molecule has 2 N–H and O–H groups in total. The van der Waals surface area contributed by atoms with Crippen LogP contribution in [0.2, 0.25) is 0 Å². The van der Waals surface area contributed by atoms with Crippen LogP contribution in [0.1, 0.15) is 37.9 Å². The van der Waals surface area contributed by atoms with Gasteiger partial charge in [0.05, 0.1) is 49.2 Å². The van der Waals surface area contributed by atoms with E-state index in [1.807, 2.05) is 0 Å². The summed E-state index contributed by atoms with van der Waals surface area (Å²) in [5.41, 5.74) is 0.688. The molecule has 0 aromatic heterocycles. The minimum Gasteiger partial charge on any atom is -0.497 e. The molecule has 0 spiro atoms. The first-order valence-corrected chi connectivity index (χ1v) is 10.9. The van der Waals surface area contributed by atoms with Crippen LogP contribution < -0.4 is 24.8 Å².